The van der Waals surface area contributed by atoms with Crippen LogP contribution in [0.15, 0.2) is 48.5 Å². The Labute approximate surface area is 155 Å². The van der Waals surface area contributed by atoms with Gasteiger partial charge in [-0.1, -0.05) is 32.0 Å². The summed E-state index contributed by atoms with van der Waals surface area (Å²) in [5.41, 5.74) is 1.05. The van der Waals surface area contributed by atoms with Gasteiger partial charge in [-0.2, -0.15) is 0 Å². The van der Waals surface area contributed by atoms with Gasteiger partial charge in [-0.25, -0.2) is 0 Å². The number of rotatable bonds is 9. The number of ether oxygens (including phenoxy) is 3. The maximum absolute atomic E-state index is 12.4. The van der Waals surface area contributed by atoms with Crippen LogP contribution >= 0.6 is 0 Å². The summed E-state index contributed by atoms with van der Waals surface area (Å²) in [6, 6.07) is 14.9. The quantitative estimate of drug-likeness (QED) is 0.737. The van der Waals surface area contributed by atoms with Gasteiger partial charge < -0.3 is 19.5 Å². The Kier molecular flexibility index (Phi) is 7.33. The number of amides is 1. The van der Waals surface area contributed by atoms with Gasteiger partial charge in [0.2, 0.25) is 0 Å². The number of hydrogen-bond donors (Lipinski definition) is 1. The van der Waals surface area contributed by atoms with Crippen LogP contribution in [0.2, 0.25) is 0 Å². The molecule has 0 saturated carbocycles. The van der Waals surface area contributed by atoms with Gasteiger partial charge in [0, 0.05) is 6.07 Å². The van der Waals surface area contributed by atoms with E-state index in [1.165, 1.54) is 0 Å². The Balaban J connectivity index is 1.98. The summed E-state index contributed by atoms with van der Waals surface area (Å²) in [6.07, 6.45) is 0.844. The van der Waals surface area contributed by atoms with Gasteiger partial charge in [-0.15, -0.1) is 0 Å². The first-order valence-corrected chi connectivity index (χ1v) is 8.72. The Bertz CT molecular complexity index is 697. The first-order valence-electron chi connectivity index (χ1n) is 8.72. The van der Waals surface area contributed by atoms with Crippen LogP contribution in [0.4, 0.5) is 0 Å². The van der Waals surface area contributed by atoms with Crippen molar-refractivity contribution in [2.75, 3.05) is 20.8 Å². The topological polar surface area (TPSA) is 56.8 Å². The van der Waals surface area contributed by atoms with Crippen molar-refractivity contribution in [2.24, 2.45) is 5.92 Å². The zero-order valence-electron chi connectivity index (χ0n) is 15.8. The van der Waals surface area contributed by atoms with Gasteiger partial charge in [0.1, 0.15) is 17.2 Å². The average Bonchev–Trinajstić information content (AvgIpc) is 2.65. The Hall–Kier alpha value is -2.69. The molecule has 2 aromatic rings. The molecule has 0 radical (unpaired) electrons. The van der Waals surface area contributed by atoms with E-state index in [1.54, 1.807) is 26.4 Å². The van der Waals surface area contributed by atoms with Gasteiger partial charge in [-0.05, 0) is 42.2 Å². The van der Waals surface area contributed by atoms with Crippen molar-refractivity contribution >= 4 is 5.91 Å². The molecule has 26 heavy (non-hydrogen) atoms. The zero-order chi connectivity index (χ0) is 18.9. The van der Waals surface area contributed by atoms with Crippen molar-refractivity contribution in [2.45, 2.75) is 26.3 Å². The van der Waals surface area contributed by atoms with Crippen LogP contribution in [-0.4, -0.2) is 26.7 Å². The fourth-order valence-electron chi connectivity index (χ4n) is 2.66. The molecular weight excluding hydrogens is 330 g/mol. The number of carbonyl (C=O) groups excluding carboxylic acids is 1. The molecule has 1 amide bonds. The van der Waals surface area contributed by atoms with Crippen molar-refractivity contribution < 1.29 is 19.0 Å². The van der Waals surface area contributed by atoms with E-state index in [1.807, 2.05) is 36.4 Å². The third-order valence-corrected chi connectivity index (χ3v) is 3.97. The molecule has 0 aliphatic carbocycles. The molecule has 0 spiro atoms. The fraction of sp³-hybridized carbons (Fsp3) is 0.381. The second-order valence-corrected chi connectivity index (χ2v) is 6.49. The number of carbonyl (C=O) groups is 1. The number of methoxy groups -OCH3 is 2. The second kappa shape index (κ2) is 9.70. The molecule has 0 aromatic heterocycles. The maximum Gasteiger partial charge on any atom is 0.258 e. The molecule has 0 bridgehead atoms. The number of hydrogen-bond acceptors (Lipinski definition) is 4. The summed E-state index contributed by atoms with van der Waals surface area (Å²) in [4.78, 5) is 12.4. The summed E-state index contributed by atoms with van der Waals surface area (Å²) < 4.78 is 15.9. The molecule has 0 heterocycles. The Morgan fingerprint density at radius 1 is 0.962 bits per heavy atom. The molecule has 1 unspecified atom stereocenters. The molecule has 0 aliphatic rings. The van der Waals surface area contributed by atoms with Gasteiger partial charge in [0.15, 0.2) is 6.61 Å². The molecule has 140 valence electrons. The molecular formula is C21H27NO4. The van der Waals surface area contributed by atoms with Gasteiger partial charge in [0.05, 0.1) is 20.3 Å². The monoisotopic (exact) mass is 357 g/mol. The highest BCUT2D eigenvalue weighted by atomic mass is 16.5. The highest BCUT2D eigenvalue weighted by molar-refractivity contribution is 5.78. The molecule has 2 rings (SSSR count). The minimum absolute atomic E-state index is 0.0437. The van der Waals surface area contributed by atoms with E-state index in [0.29, 0.717) is 17.4 Å². The van der Waals surface area contributed by atoms with Crippen LogP contribution in [0.3, 0.4) is 0 Å². The van der Waals surface area contributed by atoms with E-state index in [2.05, 4.69) is 19.2 Å². The van der Waals surface area contributed by atoms with Crippen LogP contribution in [0.25, 0.3) is 0 Å². The van der Waals surface area contributed by atoms with Crippen LogP contribution in [0, 0.1) is 5.92 Å². The van der Waals surface area contributed by atoms with Crippen LogP contribution in [0.5, 0.6) is 17.2 Å². The largest absolute Gasteiger partial charge is 0.497 e. The summed E-state index contributed by atoms with van der Waals surface area (Å²) in [7, 11) is 3.23. The van der Waals surface area contributed by atoms with E-state index in [-0.39, 0.29) is 18.6 Å². The van der Waals surface area contributed by atoms with E-state index < -0.39 is 0 Å². The Morgan fingerprint density at radius 2 is 1.62 bits per heavy atom. The summed E-state index contributed by atoms with van der Waals surface area (Å²) in [5, 5.41) is 3.06. The number of benzene rings is 2. The lowest BCUT2D eigenvalue weighted by molar-refractivity contribution is -0.124. The van der Waals surface area contributed by atoms with Crippen molar-refractivity contribution in [1.29, 1.82) is 0 Å². The predicted octanol–water partition coefficient (Wildman–Crippen LogP) is 3.99. The molecule has 1 atom stereocenters. The van der Waals surface area contributed by atoms with E-state index in [4.69, 9.17) is 14.2 Å². The highest BCUT2D eigenvalue weighted by Gasteiger charge is 2.17. The lowest BCUT2D eigenvalue weighted by atomic mass is 9.97. The zero-order valence-corrected chi connectivity index (χ0v) is 15.8. The van der Waals surface area contributed by atoms with Gasteiger partial charge >= 0.3 is 0 Å². The third-order valence-electron chi connectivity index (χ3n) is 3.97. The minimum Gasteiger partial charge on any atom is -0.497 e. The molecule has 0 fully saturated rings. The van der Waals surface area contributed by atoms with E-state index in [9.17, 15) is 4.79 Å². The average molecular weight is 357 g/mol. The lowest BCUT2D eigenvalue weighted by Gasteiger charge is -2.21. The standard InChI is InChI=1S/C21H27NO4/c1-15(2)12-20(16-8-10-17(24-3)11-9-16)22-21(23)14-26-19-7-5-6-18(13-19)25-4/h5-11,13,15,20H,12,14H2,1-4H3,(H,22,23). The fourth-order valence-corrected chi connectivity index (χ4v) is 2.66. The molecule has 5 heteroatoms. The number of nitrogens with one attached hydrogen (secondary N) is 1. The Morgan fingerprint density at radius 3 is 2.23 bits per heavy atom. The van der Waals surface area contributed by atoms with Crippen LogP contribution < -0.4 is 19.5 Å². The normalized spacial score (nSPS) is 11.7. The SMILES string of the molecule is COc1ccc(C(CC(C)C)NC(=O)COc2cccc(OC)c2)cc1. The van der Waals surface area contributed by atoms with E-state index in [0.717, 1.165) is 17.7 Å². The first kappa shape index (κ1) is 19.6. The van der Waals surface area contributed by atoms with Crippen molar-refractivity contribution in [3.8, 4) is 17.2 Å². The van der Waals surface area contributed by atoms with Crippen LogP contribution in [-0.2, 0) is 4.79 Å². The highest BCUT2D eigenvalue weighted by Crippen LogP contribution is 2.24. The molecule has 2 aromatic carbocycles. The van der Waals surface area contributed by atoms with Crippen molar-refractivity contribution in [3.63, 3.8) is 0 Å². The maximum atomic E-state index is 12.4. The molecule has 0 saturated heterocycles. The van der Waals surface area contributed by atoms with Gasteiger partial charge in [0.25, 0.3) is 5.91 Å². The molecule has 0 aliphatic heterocycles. The molecule has 5 nitrogen and oxygen atoms in total. The van der Waals surface area contributed by atoms with Crippen molar-refractivity contribution in [3.05, 3.63) is 54.1 Å². The smallest absolute Gasteiger partial charge is 0.258 e. The summed E-state index contributed by atoms with van der Waals surface area (Å²) in [6.45, 7) is 4.22. The minimum atomic E-state index is -0.158. The predicted molar refractivity (Wildman–Crippen MR) is 102 cm³/mol. The summed E-state index contributed by atoms with van der Waals surface area (Å²) in [5.74, 6) is 2.38. The van der Waals surface area contributed by atoms with Crippen molar-refractivity contribution in [1.82, 2.24) is 5.32 Å². The van der Waals surface area contributed by atoms with Crippen LogP contribution in [0.1, 0.15) is 31.9 Å². The van der Waals surface area contributed by atoms with Gasteiger partial charge in [-0.3, -0.25) is 4.79 Å². The second-order valence-electron chi connectivity index (χ2n) is 6.49. The summed E-state index contributed by atoms with van der Waals surface area (Å²) >= 11 is 0. The third kappa shape index (κ3) is 5.99. The van der Waals surface area contributed by atoms with E-state index >= 15 is 0 Å². The molecule has 1 N–H and O–H groups in total. The first-order chi connectivity index (χ1) is 12.5. The lowest BCUT2D eigenvalue weighted by Crippen LogP contribution is -2.33.